The summed E-state index contributed by atoms with van der Waals surface area (Å²) in [6.45, 7) is -1.68. The average molecular weight is 361 g/mol. The SMILES string of the molecule is O=C(N[C@H](c1ccccc1)c1ccc(OC(F)F)cc1)C1CCOCC1. The molecule has 1 heterocycles. The maximum absolute atomic E-state index is 12.7. The Morgan fingerprint density at radius 2 is 1.62 bits per heavy atom. The summed E-state index contributed by atoms with van der Waals surface area (Å²) in [5, 5.41) is 3.10. The van der Waals surface area contributed by atoms with E-state index in [2.05, 4.69) is 10.1 Å². The molecule has 2 aromatic rings. The molecule has 1 amide bonds. The zero-order chi connectivity index (χ0) is 18.4. The summed E-state index contributed by atoms with van der Waals surface area (Å²) in [4.78, 5) is 12.7. The second kappa shape index (κ2) is 8.76. The highest BCUT2D eigenvalue weighted by atomic mass is 19.3. The molecule has 1 aliphatic rings. The zero-order valence-electron chi connectivity index (χ0n) is 14.2. The molecule has 1 fully saturated rings. The van der Waals surface area contributed by atoms with Crippen LogP contribution in [0.5, 0.6) is 5.75 Å². The lowest BCUT2D eigenvalue weighted by molar-refractivity contribution is -0.128. The quantitative estimate of drug-likeness (QED) is 0.848. The molecule has 1 saturated heterocycles. The van der Waals surface area contributed by atoms with E-state index in [-0.39, 0.29) is 23.6 Å². The van der Waals surface area contributed by atoms with Gasteiger partial charge in [-0.05, 0) is 36.1 Å². The van der Waals surface area contributed by atoms with Crippen molar-refractivity contribution in [1.29, 1.82) is 0 Å². The van der Waals surface area contributed by atoms with Crippen LogP contribution in [0.1, 0.15) is 30.0 Å². The number of rotatable bonds is 6. The summed E-state index contributed by atoms with van der Waals surface area (Å²) in [5.41, 5.74) is 1.73. The van der Waals surface area contributed by atoms with Crippen molar-refractivity contribution < 1.29 is 23.0 Å². The molecule has 3 rings (SSSR count). The topological polar surface area (TPSA) is 47.6 Å². The predicted molar refractivity (Wildman–Crippen MR) is 93.0 cm³/mol. The Morgan fingerprint density at radius 3 is 2.23 bits per heavy atom. The molecule has 1 aliphatic heterocycles. The van der Waals surface area contributed by atoms with E-state index in [1.165, 1.54) is 12.1 Å². The number of amides is 1. The van der Waals surface area contributed by atoms with Crippen LogP contribution in [0.25, 0.3) is 0 Å². The Labute approximate surface area is 151 Å². The van der Waals surface area contributed by atoms with Gasteiger partial charge in [0.15, 0.2) is 0 Å². The summed E-state index contributed by atoms with van der Waals surface area (Å²) in [5.74, 6) is -0.00206. The summed E-state index contributed by atoms with van der Waals surface area (Å²) in [7, 11) is 0. The van der Waals surface area contributed by atoms with E-state index >= 15 is 0 Å². The smallest absolute Gasteiger partial charge is 0.387 e. The molecule has 2 aromatic carbocycles. The fraction of sp³-hybridized carbons (Fsp3) is 0.350. The number of hydrogen-bond acceptors (Lipinski definition) is 3. The normalized spacial score (nSPS) is 16.3. The van der Waals surface area contributed by atoms with Crippen molar-refractivity contribution in [3.63, 3.8) is 0 Å². The molecule has 138 valence electrons. The van der Waals surface area contributed by atoms with Gasteiger partial charge in [0.05, 0.1) is 6.04 Å². The maximum atomic E-state index is 12.7. The van der Waals surface area contributed by atoms with Crippen LogP contribution >= 0.6 is 0 Å². The van der Waals surface area contributed by atoms with Crippen molar-refractivity contribution in [2.24, 2.45) is 5.92 Å². The van der Waals surface area contributed by atoms with Gasteiger partial charge in [0.1, 0.15) is 5.75 Å². The van der Waals surface area contributed by atoms with Gasteiger partial charge in [0.25, 0.3) is 0 Å². The van der Waals surface area contributed by atoms with Crippen molar-refractivity contribution in [3.05, 3.63) is 65.7 Å². The number of ether oxygens (including phenoxy) is 2. The minimum absolute atomic E-state index is 0.0185. The number of halogens is 2. The van der Waals surface area contributed by atoms with Gasteiger partial charge in [-0.1, -0.05) is 42.5 Å². The molecule has 26 heavy (non-hydrogen) atoms. The first kappa shape index (κ1) is 18.3. The fourth-order valence-electron chi connectivity index (χ4n) is 3.07. The Kier molecular flexibility index (Phi) is 6.17. The first-order valence-corrected chi connectivity index (χ1v) is 8.61. The van der Waals surface area contributed by atoms with Crippen LogP contribution in [0, 0.1) is 5.92 Å². The van der Waals surface area contributed by atoms with E-state index in [1.807, 2.05) is 30.3 Å². The van der Waals surface area contributed by atoms with Crippen LogP contribution in [-0.2, 0) is 9.53 Å². The minimum atomic E-state index is -2.86. The lowest BCUT2D eigenvalue weighted by Crippen LogP contribution is -2.37. The molecular weight excluding hydrogens is 340 g/mol. The van der Waals surface area contributed by atoms with E-state index in [4.69, 9.17) is 4.74 Å². The van der Waals surface area contributed by atoms with Gasteiger partial charge >= 0.3 is 6.61 Å². The lowest BCUT2D eigenvalue weighted by Gasteiger charge is -2.26. The summed E-state index contributed by atoms with van der Waals surface area (Å²) in [6.07, 6.45) is 1.41. The molecule has 1 N–H and O–H groups in total. The second-order valence-electron chi connectivity index (χ2n) is 6.19. The third kappa shape index (κ3) is 4.79. The lowest BCUT2D eigenvalue weighted by atomic mass is 9.95. The summed E-state index contributed by atoms with van der Waals surface area (Å²) in [6, 6.07) is 15.6. The minimum Gasteiger partial charge on any atom is -0.435 e. The highest BCUT2D eigenvalue weighted by Crippen LogP contribution is 2.26. The standard InChI is InChI=1S/C20H21F2NO3/c21-20(22)26-17-8-6-15(7-9-17)18(14-4-2-1-3-5-14)23-19(24)16-10-12-25-13-11-16/h1-9,16,18,20H,10-13H2,(H,23,24)/t18-/m1/s1. The highest BCUT2D eigenvalue weighted by Gasteiger charge is 2.25. The van der Waals surface area contributed by atoms with Crippen LogP contribution in [0.3, 0.4) is 0 Å². The highest BCUT2D eigenvalue weighted by molar-refractivity contribution is 5.79. The molecule has 0 radical (unpaired) electrons. The van der Waals surface area contributed by atoms with Gasteiger partial charge in [-0.3, -0.25) is 4.79 Å². The Bertz CT molecular complexity index is 701. The Morgan fingerprint density at radius 1 is 1.00 bits per heavy atom. The Hall–Kier alpha value is -2.47. The van der Waals surface area contributed by atoms with Gasteiger partial charge in [-0.15, -0.1) is 0 Å². The molecule has 0 bridgehead atoms. The van der Waals surface area contributed by atoms with Gasteiger partial charge in [-0.25, -0.2) is 0 Å². The molecule has 1 atom stereocenters. The van der Waals surface area contributed by atoms with Crippen molar-refractivity contribution in [3.8, 4) is 5.75 Å². The van der Waals surface area contributed by atoms with Gasteiger partial charge in [0.2, 0.25) is 5.91 Å². The van der Waals surface area contributed by atoms with Gasteiger partial charge in [0, 0.05) is 19.1 Å². The van der Waals surface area contributed by atoms with Crippen LogP contribution in [0.4, 0.5) is 8.78 Å². The van der Waals surface area contributed by atoms with E-state index < -0.39 is 6.61 Å². The zero-order valence-corrected chi connectivity index (χ0v) is 14.2. The number of carbonyl (C=O) groups excluding carboxylic acids is 1. The first-order valence-electron chi connectivity index (χ1n) is 8.61. The van der Waals surface area contributed by atoms with E-state index in [0.29, 0.717) is 26.1 Å². The second-order valence-corrected chi connectivity index (χ2v) is 6.19. The average Bonchev–Trinajstić information content (AvgIpc) is 2.67. The van der Waals surface area contributed by atoms with Gasteiger partial charge < -0.3 is 14.8 Å². The molecule has 4 nitrogen and oxygen atoms in total. The van der Waals surface area contributed by atoms with Crippen LogP contribution < -0.4 is 10.1 Å². The van der Waals surface area contributed by atoms with Gasteiger partial charge in [-0.2, -0.15) is 8.78 Å². The molecule has 0 aliphatic carbocycles. The molecule has 0 spiro atoms. The number of hydrogen-bond donors (Lipinski definition) is 1. The molecule has 0 unspecified atom stereocenters. The predicted octanol–water partition coefficient (Wildman–Crippen LogP) is 3.92. The molecule has 0 saturated carbocycles. The Balaban J connectivity index is 1.80. The van der Waals surface area contributed by atoms with Crippen LogP contribution in [0.15, 0.2) is 54.6 Å². The largest absolute Gasteiger partial charge is 0.435 e. The van der Waals surface area contributed by atoms with Crippen molar-refractivity contribution >= 4 is 5.91 Å². The number of benzene rings is 2. The summed E-state index contributed by atoms with van der Waals surface area (Å²) >= 11 is 0. The monoisotopic (exact) mass is 361 g/mol. The molecule has 6 heteroatoms. The number of alkyl halides is 2. The first-order chi connectivity index (χ1) is 12.6. The maximum Gasteiger partial charge on any atom is 0.387 e. The third-order valence-corrected chi connectivity index (χ3v) is 4.45. The molecular formula is C20H21F2NO3. The van der Waals surface area contributed by atoms with Crippen LogP contribution in [-0.4, -0.2) is 25.7 Å². The van der Waals surface area contributed by atoms with E-state index in [1.54, 1.807) is 12.1 Å². The fourth-order valence-corrected chi connectivity index (χ4v) is 3.07. The molecule has 0 aromatic heterocycles. The van der Waals surface area contributed by atoms with Crippen molar-refractivity contribution in [1.82, 2.24) is 5.32 Å². The number of nitrogens with one attached hydrogen (secondary N) is 1. The van der Waals surface area contributed by atoms with Crippen molar-refractivity contribution in [2.45, 2.75) is 25.5 Å². The van der Waals surface area contributed by atoms with Crippen molar-refractivity contribution in [2.75, 3.05) is 13.2 Å². The van der Waals surface area contributed by atoms with Crippen LogP contribution in [0.2, 0.25) is 0 Å². The third-order valence-electron chi connectivity index (χ3n) is 4.45. The summed E-state index contributed by atoms with van der Waals surface area (Å²) < 4.78 is 34.4. The number of carbonyl (C=O) groups is 1. The van der Waals surface area contributed by atoms with E-state index in [0.717, 1.165) is 11.1 Å². The van der Waals surface area contributed by atoms with E-state index in [9.17, 15) is 13.6 Å².